The second-order valence-electron chi connectivity index (χ2n) is 16.3. The number of hydrogen-bond acceptors (Lipinski definition) is 8. The van der Waals surface area contributed by atoms with E-state index in [0.717, 1.165) is 97.7 Å². The fraction of sp³-hybridized carbons (Fsp3) is 0.286. The molecule has 8 nitrogen and oxygen atoms in total. The zero-order chi connectivity index (χ0) is 45.2. The number of aliphatic carboxylic acids is 1. The molecule has 2 aromatic heterocycles. The quantitative estimate of drug-likeness (QED) is 0.0363. The van der Waals surface area contributed by atoms with Gasteiger partial charge < -0.3 is 19.5 Å². The summed E-state index contributed by atoms with van der Waals surface area (Å²) in [6, 6.07) is 43.3. The fourth-order valence-corrected chi connectivity index (χ4v) is 9.10. The van der Waals surface area contributed by atoms with Crippen molar-refractivity contribution in [1.82, 2.24) is 9.97 Å². The number of aromatic nitrogens is 2. The minimum absolute atomic E-state index is 0.315. The van der Waals surface area contributed by atoms with Crippen molar-refractivity contribution in [3.63, 3.8) is 0 Å². The third-order valence-electron chi connectivity index (χ3n) is 11.5. The first-order valence-corrected chi connectivity index (χ1v) is 23.9. The second-order valence-corrected chi connectivity index (χ2v) is 17.3. The van der Waals surface area contributed by atoms with Crippen molar-refractivity contribution in [3.05, 3.63) is 145 Å². The van der Waals surface area contributed by atoms with Gasteiger partial charge in [0.15, 0.2) is 0 Å². The minimum Gasteiger partial charge on any atom is -0.494 e. The van der Waals surface area contributed by atoms with E-state index in [-0.39, 0.29) is 5.57 Å². The summed E-state index contributed by atoms with van der Waals surface area (Å²) in [5, 5.41) is 18.5. The number of unbranched alkanes of at least 4 members (excludes halogenated alkanes) is 10. The lowest BCUT2D eigenvalue weighted by atomic mass is 10.0. The molecule has 0 spiro atoms. The maximum atomic E-state index is 11.4. The molecule has 0 aliphatic carbocycles. The topological polar surface area (TPSA) is 109 Å². The summed E-state index contributed by atoms with van der Waals surface area (Å²) in [5.74, 6) is 0.518. The van der Waals surface area contributed by atoms with Crippen LogP contribution in [0.1, 0.15) is 96.5 Å². The van der Waals surface area contributed by atoms with Gasteiger partial charge in [0.1, 0.15) is 34.2 Å². The summed E-state index contributed by atoms with van der Waals surface area (Å²) in [7, 11) is 0. The molecular formula is C56H58N4O4S. The Labute approximate surface area is 387 Å². The molecule has 9 heteroatoms. The normalized spacial score (nSPS) is 11.4. The number of hydrogen-bond donors (Lipinski definition) is 1. The maximum Gasteiger partial charge on any atom is 0.346 e. The van der Waals surface area contributed by atoms with Crippen molar-refractivity contribution in [1.29, 1.82) is 5.26 Å². The number of nitriles is 1. The van der Waals surface area contributed by atoms with Crippen LogP contribution in [0.3, 0.4) is 0 Å². The molecule has 0 atom stereocenters. The molecule has 332 valence electrons. The highest BCUT2D eigenvalue weighted by atomic mass is 32.1. The van der Waals surface area contributed by atoms with Gasteiger partial charge in [0, 0.05) is 29.5 Å². The second kappa shape index (κ2) is 23.8. The molecule has 0 fully saturated rings. The van der Waals surface area contributed by atoms with E-state index < -0.39 is 5.97 Å². The van der Waals surface area contributed by atoms with Crippen molar-refractivity contribution in [2.75, 3.05) is 18.1 Å². The maximum absolute atomic E-state index is 11.4. The Balaban J connectivity index is 1.08. The van der Waals surface area contributed by atoms with E-state index in [1.807, 2.05) is 24.3 Å². The van der Waals surface area contributed by atoms with E-state index in [1.165, 1.54) is 70.3 Å². The van der Waals surface area contributed by atoms with Crippen molar-refractivity contribution >= 4 is 51.5 Å². The van der Waals surface area contributed by atoms with Gasteiger partial charge in [-0.25, -0.2) is 4.79 Å². The van der Waals surface area contributed by atoms with Crippen molar-refractivity contribution in [2.24, 2.45) is 0 Å². The monoisotopic (exact) mass is 882 g/mol. The van der Waals surface area contributed by atoms with Gasteiger partial charge in [-0.05, 0) is 107 Å². The van der Waals surface area contributed by atoms with Crippen LogP contribution in [0.4, 0.5) is 17.1 Å². The molecule has 0 aliphatic heterocycles. The van der Waals surface area contributed by atoms with Crippen molar-refractivity contribution < 1.29 is 19.4 Å². The van der Waals surface area contributed by atoms with E-state index in [1.54, 1.807) is 29.8 Å². The molecule has 0 radical (unpaired) electrons. The average Bonchev–Trinajstić information content (AvgIpc) is 3.74. The van der Waals surface area contributed by atoms with Crippen LogP contribution in [0.25, 0.3) is 49.1 Å². The number of fused-ring (bicyclic) bond motifs is 1. The predicted molar refractivity (Wildman–Crippen MR) is 267 cm³/mol. The summed E-state index contributed by atoms with van der Waals surface area (Å²) < 4.78 is 12.3. The molecule has 0 aliphatic rings. The predicted octanol–water partition coefficient (Wildman–Crippen LogP) is 15.6. The van der Waals surface area contributed by atoms with Crippen molar-refractivity contribution in [3.8, 4) is 49.6 Å². The molecule has 0 bridgehead atoms. The van der Waals surface area contributed by atoms with Crippen LogP contribution in [-0.2, 0) is 4.79 Å². The van der Waals surface area contributed by atoms with Gasteiger partial charge in [0.2, 0.25) is 0 Å². The van der Waals surface area contributed by atoms with E-state index in [0.29, 0.717) is 5.56 Å². The van der Waals surface area contributed by atoms with Crippen LogP contribution in [0.5, 0.6) is 11.5 Å². The Morgan fingerprint density at radius 2 is 0.954 bits per heavy atom. The van der Waals surface area contributed by atoms with Gasteiger partial charge in [-0.3, -0.25) is 9.97 Å². The molecule has 5 aromatic carbocycles. The highest BCUT2D eigenvalue weighted by Crippen LogP contribution is 2.43. The molecule has 7 rings (SSSR count). The lowest BCUT2D eigenvalue weighted by molar-refractivity contribution is -0.132. The van der Waals surface area contributed by atoms with Gasteiger partial charge >= 0.3 is 5.97 Å². The number of carboxylic acids is 1. The van der Waals surface area contributed by atoms with Gasteiger partial charge in [0.25, 0.3) is 0 Å². The summed E-state index contributed by atoms with van der Waals surface area (Å²) in [5.41, 5.74) is 9.23. The molecule has 1 N–H and O–H groups in total. The standard InChI is InChI=1S/C56H58N4O4S/c1-3-5-7-9-11-13-37-63-50-31-27-48(28-32-50)60(49-29-33-51(34-30-49)64-38-14-12-10-8-6-4-2)47-25-23-43(24-26-47)42-19-21-45(22-20-42)55-53-52(58-35-36-59-53)54(65-55)44-17-15-41(16-18-44)39-46(40-57)56(61)62/h15-36,39H,3-14,37-38H2,1-2H3,(H,61,62)/b46-39-. The first-order valence-electron chi connectivity index (χ1n) is 23.1. The third-order valence-corrected chi connectivity index (χ3v) is 12.8. The van der Waals surface area contributed by atoms with Gasteiger partial charge in [0.05, 0.1) is 23.0 Å². The van der Waals surface area contributed by atoms with Gasteiger partial charge in [-0.2, -0.15) is 5.26 Å². The molecule has 0 saturated heterocycles. The van der Waals surface area contributed by atoms with Crippen LogP contribution < -0.4 is 14.4 Å². The summed E-state index contributed by atoms with van der Waals surface area (Å²) in [4.78, 5) is 25.0. The lowest BCUT2D eigenvalue weighted by Crippen LogP contribution is -2.10. The van der Waals surface area contributed by atoms with Crippen LogP contribution >= 0.6 is 11.3 Å². The molecular weight excluding hydrogens is 825 g/mol. The molecule has 0 saturated carbocycles. The number of ether oxygens (including phenoxy) is 2. The zero-order valence-corrected chi connectivity index (χ0v) is 38.4. The highest BCUT2D eigenvalue weighted by molar-refractivity contribution is 7.20. The van der Waals surface area contributed by atoms with Crippen LogP contribution in [0.2, 0.25) is 0 Å². The number of anilines is 3. The number of carboxylic acid groups (broad SMARTS) is 1. The summed E-state index contributed by atoms with van der Waals surface area (Å²) in [6.07, 6.45) is 19.6. The Kier molecular flexibility index (Phi) is 16.9. The number of benzene rings is 5. The zero-order valence-electron chi connectivity index (χ0n) is 37.5. The Morgan fingerprint density at radius 1 is 0.569 bits per heavy atom. The number of thiophene rings is 1. The largest absolute Gasteiger partial charge is 0.494 e. The summed E-state index contributed by atoms with van der Waals surface area (Å²) >= 11 is 1.62. The van der Waals surface area contributed by atoms with Gasteiger partial charge in [-0.15, -0.1) is 11.3 Å². The Morgan fingerprint density at radius 3 is 1.38 bits per heavy atom. The van der Waals surface area contributed by atoms with E-state index in [9.17, 15) is 15.2 Å². The minimum atomic E-state index is -1.25. The van der Waals surface area contributed by atoms with Crippen LogP contribution in [0.15, 0.2) is 139 Å². The molecule has 7 aromatic rings. The first-order chi connectivity index (χ1) is 31.9. The Bertz CT molecular complexity index is 2590. The van der Waals surface area contributed by atoms with Crippen molar-refractivity contribution in [2.45, 2.75) is 90.9 Å². The highest BCUT2D eigenvalue weighted by Gasteiger charge is 2.18. The van der Waals surface area contributed by atoms with Gasteiger partial charge in [-0.1, -0.05) is 139 Å². The summed E-state index contributed by atoms with van der Waals surface area (Å²) in [6.45, 7) is 5.96. The molecule has 0 unspecified atom stereocenters. The lowest BCUT2D eigenvalue weighted by Gasteiger charge is -2.26. The third kappa shape index (κ3) is 12.5. The molecule has 65 heavy (non-hydrogen) atoms. The first kappa shape index (κ1) is 46.2. The molecule has 2 heterocycles. The fourth-order valence-electron chi connectivity index (χ4n) is 7.89. The van der Waals surface area contributed by atoms with E-state index in [2.05, 4.69) is 116 Å². The molecule has 0 amide bonds. The number of nitrogens with zero attached hydrogens (tertiary/aromatic N) is 4. The average molecular weight is 883 g/mol. The SMILES string of the molecule is CCCCCCCCOc1ccc(N(c2ccc(OCCCCCCCC)cc2)c2ccc(-c3ccc(-c4sc(-c5ccc(/C=C(/C#N)C(=O)O)cc5)c5nccnc45)cc3)cc2)cc1. The number of carbonyl (C=O) groups is 1. The van der Waals surface area contributed by atoms with Crippen LogP contribution in [0, 0.1) is 11.3 Å². The van der Waals surface area contributed by atoms with Crippen LogP contribution in [-0.4, -0.2) is 34.3 Å². The van der Waals surface area contributed by atoms with E-state index in [4.69, 9.17) is 19.4 Å². The Hall–Kier alpha value is -6.76. The number of rotatable bonds is 24. The smallest absolute Gasteiger partial charge is 0.346 e. The van der Waals surface area contributed by atoms with E-state index >= 15 is 0 Å².